The Morgan fingerprint density at radius 1 is 0.905 bits per heavy atom. The molecule has 3 heteroatoms. The van der Waals surface area contributed by atoms with Crippen LogP contribution in [0.25, 0.3) is 0 Å². The molecule has 2 aromatic rings. The molecule has 0 aliphatic rings. The summed E-state index contributed by atoms with van der Waals surface area (Å²) in [6.45, 7) is 5.45. The third-order valence-electron chi connectivity index (χ3n) is 3.69. The highest BCUT2D eigenvalue weighted by atomic mass is 16.2. The van der Waals surface area contributed by atoms with Gasteiger partial charge in [-0.2, -0.15) is 0 Å². The number of para-hydroxylation sites is 2. The van der Waals surface area contributed by atoms with Gasteiger partial charge >= 0.3 is 0 Å². The standard InChI is InChI=1S/C18H22N2O/c1-4-20(5-2)18(21)16-13-9-10-14-17(16)19(3)15-11-7-6-8-12-15/h6-14H,4-5H2,1-3H3. The summed E-state index contributed by atoms with van der Waals surface area (Å²) in [6.07, 6.45) is 0. The van der Waals surface area contributed by atoms with Crippen molar-refractivity contribution < 1.29 is 4.79 Å². The van der Waals surface area contributed by atoms with Gasteiger partial charge in [0, 0.05) is 25.8 Å². The first-order chi connectivity index (χ1) is 10.2. The number of anilines is 2. The number of carbonyl (C=O) groups excluding carboxylic acids is 1. The van der Waals surface area contributed by atoms with Gasteiger partial charge in [0.05, 0.1) is 11.3 Å². The lowest BCUT2D eigenvalue weighted by Crippen LogP contribution is -2.31. The second kappa shape index (κ2) is 6.93. The molecule has 0 N–H and O–H groups in total. The summed E-state index contributed by atoms with van der Waals surface area (Å²) in [4.78, 5) is 16.6. The van der Waals surface area contributed by atoms with E-state index >= 15 is 0 Å². The molecular weight excluding hydrogens is 260 g/mol. The normalized spacial score (nSPS) is 10.2. The number of benzene rings is 2. The van der Waals surface area contributed by atoms with Crippen molar-refractivity contribution in [2.45, 2.75) is 13.8 Å². The van der Waals surface area contributed by atoms with E-state index in [4.69, 9.17) is 0 Å². The quantitative estimate of drug-likeness (QED) is 0.829. The Kier molecular flexibility index (Phi) is 4.99. The van der Waals surface area contributed by atoms with Gasteiger partial charge in [-0.05, 0) is 38.1 Å². The van der Waals surface area contributed by atoms with E-state index in [9.17, 15) is 4.79 Å². The molecule has 2 aromatic carbocycles. The Bertz CT molecular complexity index is 591. The van der Waals surface area contributed by atoms with Crippen LogP contribution in [0.1, 0.15) is 24.2 Å². The molecule has 0 fully saturated rings. The van der Waals surface area contributed by atoms with Crippen molar-refractivity contribution in [3.63, 3.8) is 0 Å². The average molecular weight is 282 g/mol. The molecule has 3 nitrogen and oxygen atoms in total. The fourth-order valence-corrected chi connectivity index (χ4v) is 2.42. The molecule has 21 heavy (non-hydrogen) atoms. The van der Waals surface area contributed by atoms with E-state index in [1.54, 1.807) is 0 Å². The number of hydrogen-bond acceptors (Lipinski definition) is 2. The maximum atomic E-state index is 12.7. The van der Waals surface area contributed by atoms with Crippen molar-refractivity contribution in [3.8, 4) is 0 Å². The zero-order valence-electron chi connectivity index (χ0n) is 12.9. The number of hydrogen-bond donors (Lipinski definition) is 0. The summed E-state index contributed by atoms with van der Waals surface area (Å²) in [5.41, 5.74) is 2.74. The van der Waals surface area contributed by atoms with Crippen molar-refractivity contribution in [2.75, 3.05) is 25.0 Å². The highest BCUT2D eigenvalue weighted by molar-refractivity contribution is 6.00. The van der Waals surface area contributed by atoms with E-state index in [0.29, 0.717) is 0 Å². The number of nitrogens with zero attached hydrogens (tertiary/aromatic N) is 2. The second-order valence-electron chi connectivity index (χ2n) is 4.89. The first-order valence-corrected chi connectivity index (χ1v) is 7.36. The van der Waals surface area contributed by atoms with Gasteiger partial charge in [0.1, 0.15) is 0 Å². The predicted octanol–water partition coefficient (Wildman–Crippen LogP) is 3.94. The average Bonchev–Trinajstić information content (AvgIpc) is 2.56. The molecule has 0 aliphatic carbocycles. The molecule has 0 radical (unpaired) electrons. The van der Waals surface area contributed by atoms with E-state index in [1.807, 2.05) is 80.4 Å². The second-order valence-corrected chi connectivity index (χ2v) is 4.89. The first-order valence-electron chi connectivity index (χ1n) is 7.36. The predicted molar refractivity (Wildman–Crippen MR) is 88.2 cm³/mol. The summed E-state index contributed by atoms with van der Waals surface area (Å²) in [7, 11) is 1.99. The Hall–Kier alpha value is -2.29. The summed E-state index contributed by atoms with van der Waals surface area (Å²) in [5, 5.41) is 0. The molecule has 0 bridgehead atoms. The van der Waals surface area contributed by atoms with Crippen LogP contribution in [0, 0.1) is 0 Å². The van der Waals surface area contributed by atoms with Crippen LogP contribution in [0.5, 0.6) is 0 Å². The Labute approximate surface area is 126 Å². The van der Waals surface area contributed by atoms with Crippen LogP contribution in [0.15, 0.2) is 54.6 Å². The zero-order chi connectivity index (χ0) is 15.2. The first kappa shape index (κ1) is 15.1. The van der Waals surface area contributed by atoms with Crippen LogP contribution in [0.3, 0.4) is 0 Å². The molecule has 0 aliphatic heterocycles. The molecule has 110 valence electrons. The van der Waals surface area contributed by atoms with Gasteiger partial charge in [-0.1, -0.05) is 30.3 Å². The van der Waals surface area contributed by atoms with E-state index in [1.165, 1.54) is 0 Å². The monoisotopic (exact) mass is 282 g/mol. The lowest BCUT2D eigenvalue weighted by atomic mass is 10.1. The summed E-state index contributed by atoms with van der Waals surface area (Å²) in [6, 6.07) is 17.8. The molecule has 0 unspecified atom stereocenters. The summed E-state index contributed by atoms with van der Waals surface area (Å²) < 4.78 is 0. The number of amides is 1. The van der Waals surface area contributed by atoms with Crippen LogP contribution in [0.2, 0.25) is 0 Å². The van der Waals surface area contributed by atoms with E-state index in [0.717, 1.165) is 30.0 Å². The van der Waals surface area contributed by atoms with Crippen molar-refractivity contribution in [1.29, 1.82) is 0 Å². The minimum atomic E-state index is 0.0818. The van der Waals surface area contributed by atoms with Gasteiger partial charge in [-0.3, -0.25) is 4.79 Å². The lowest BCUT2D eigenvalue weighted by Gasteiger charge is -2.25. The third-order valence-corrected chi connectivity index (χ3v) is 3.69. The molecule has 0 atom stereocenters. The molecule has 1 amide bonds. The molecule has 0 spiro atoms. The fourth-order valence-electron chi connectivity index (χ4n) is 2.42. The lowest BCUT2D eigenvalue weighted by molar-refractivity contribution is 0.0773. The van der Waals surface area contributed by atoms with Crippen LogP contribution < -0.4 is 4.90 Å². The topological polar surface area (TPSA) is 23.6 Å². The van der Waals surface area contributed by atoms with Crippen molar-refractivity contribution in [2.24, 2.45) is 0 Å². The van der Waals surface area contributed by atoms with Crippen molar-refractivity contribution in [3.05, 3.63) is 60.2 Å². The van der Waals surface area contributed by atoms with Gasteiger partial charge in [0.15, 0.2) is 0 Å². The molecule has 0 saturated carbocycles. The van der Waals surface area contributed by atoms with Crippen LogP contribution >= 0.6 is 0 Å². The van der Waals surface area contributed by atoms with Crippen LogP contribution in [-0.2, 0) is 0 Å². The van der Waals surface area contributed by atoms with Crippen molar-refractivity contribution >= 4 is 17.3 Å². The minimum absolute atomic E-state index is 0.0818. The van der Waals surface area contributed by atoms with E-state index < -0.39 is 0 Å². The molecule has 0 saturated heterocycles. The maximum Gasteiger partial charge on any atom is 0.255 e. The Morgan fingerprint density at radius 2 is 1.48 bits per heavy atom. The van der Waals surface area contributed by atoms with Gasteiger partial charge < -0.3 is 9.80 Å². The summed E-state index contributed by atoms with van der Waals surface area (Å²) >= 11 is 0. The van der Waals surface area contributed by atoms with Crippen LogP contribution in [0.4, 0.5) is 11.4 Å². The van der Waals surface area contributed by atoms with Gasteiger partial charge in [-0.25, -0.2) is 0 Å². The van der Waals surface area contributed by atoms with Gasteiger partial charge in [0.25, 0.3) is 5.91 Å². The van der Waals surface area contributed by atoms with E-state index in [-0.39, 0.29) is 5.91 Å². The number of carbonyl (C=O) groups is 1. The third kappa shape index (κ3) is 3.24. The minimum Gasteiger partial charge on any atom is -0.344 e. The molecule has 0 aromatic heterocycles. The smallest absolute Gasteiger partial charge is 0.255 e. The fraction of sp³-hybridized carbons (Fsp3) is 0.278. The maximum absolute atomic E-state index is 12.7. The summed E-state index contributed by atoms with van der Waals surface area (Å²) in [5.74, 6) is 0.0818. The number of rotatable bonds is 5. The molecule has 2 rings (SSSR count). The van der Waals surface area contributed by atoms with E-state index in [2.05, 4.69) is 4.90 Å². The Morgan fingerprint density at radius 3 is 2.10 bits per heavy atom. The highest BCUT2D eigenvalue weighted by Gasteiger charge is 2.18. The van der Waals surface area contributed by atoms with Gasteiger partial charge in [-0.15, -0.1) is 0 Å². The highest BCUT2D eigenvalue weighted by Crippen LogP contribution is 2.27. The zero-order valence-corrected chi connectivity index (χ0v) is 12.9. The largest absolute Gasteiger partial charge is 0.344 e. The van der Waals surface area contributed by atoms with Crippen molar-refractivity contribution in [1.82, 2.24) is 4.90 Å². The van der Waals surface area contributed by atoms with Crippen LogP contribution in [-0.4, -0.2) is 30.9 Å². The Balaban J connectivity index is 2.39. The molecule has 0 heterocycles. The SMILES string of the molecule is CCN(CC)C(=O)c1ccccc1N(C)c1ccccc1. The molecular formula is C18H22N2O. The van der Waals surface area contributed by atoms with Gasteiger partial charge in [0.2, 0.25) is 0 Å².